The first kappa shape index (κ1) is 10.0. The Labute approximate surface area is 97.9 Å². The summed E-state index contributed by atoms with van der Waals surface area (Å²) in [5, 5.41) is 9.06. The predicted octanol–water partition coefficient (Wildman–Crippen LogP) is 2.77. The minimum atomic E-state index is -0.455. The summed E-state index contributed by atoms with van der Waals surface area (Å²) < 4.78 is 13.6. The second-order valence-corrected chi connectivity index (χ2v) is 4.32. The highest BCUT2D eigenvalue weighted by molar-refractivity contribution is 5.59. The molecule has 1 N–H and O–H groups in total. The molecule has 1 fully saturated rings. The summed E-state index contributed by atoms with van der Waals surface area (Å²) in [7, 11) is 0. The number of H-pyrrole nitrogens is 1. The van der Waals surface area contributed by atoms with Crippen molar-refractivity contribution in [2.24, 2.45) is 0 Å². The van der Waals surface area contributed by atoms with Crippen molar-refractivity contribution in [3.8, 4) is 17.3 Å². The van der Waals surface area contributed by atoms with Crippen LogP contribution in [0, 0.1) is 17.1 Å². The van der Waals surface area contributed by atoms with Crippen LogP contribution in [0.2, 0.25) is 0 Å². The monoisotopic (exact) mass is 227 g/mol. The van der Waals surface area contributed by atoms with Gasteiger partial charge in [0.2, 0.25) is 0 Å². The van der Waals surface area contributed by atoms with Gasteiger partial charge in [0.15, 0.2) is 0 Å². The number of nitrogens with zero attached hydrogens (tertiary/aromatic N) is 2. The van der Waals surface area contributed by atoms with Crippen molar-refractivity contribution in [1.82, 2.24) is 9.97 Å². The molecule has 1 saturated carbocycles. The van der Waals surface area contributed by atoms with E-state index in [2.05, 4.69) is 16.0 Å². The number of nitriles is 1. The lowest BCUT2D eigenvalue weighted by Gasteiger charge is -2.01. The Hall–Kier alpha value is -2.15. The Balaban J connectivity index is 2.02. The summed E-state index contributed by atoms with van der Waals surface area (Å²) >= 11 is 0. The van der Waals surface area contributed by atoms with E-state index in [-0.39, 0.29) is 5.82 Å². The topological polar surface area (TPSA) is 52.5 Å². The highest BCUT2D eigenvalue weighted by Crippen LogP contribution is 2.46. The van der Waals surface area contributed by atoms with Gasteiger partial charge in [0, 0.05) is 5.56 Å². The summed E-state index contributed by atoms with van der Waals surface area (Å²) in [6.07, 6.45) is 3.24. The molecule has 0 saturated heterocycles. The van der Waals surface area contributed by atoms with Crippen LogP contribution in [0.5, 0.6) is 0 Å². The number of halogens is 1. The predicted molar refractivity (Wildman–Crippen MR) is 60.5 cm³/mol. The van der Waals surface area contributed by atoms with Gasteiger partial charge in [0.05, 0.1) is 18.0 Å². The molecule has 0 amide bonds. The highest BCUT2D eigenvalue weighted by atomic mass is 19.1. The van der Waals surface area contributed by atoms with Gasteiger partial charge in [-0.3, -0.25) is 0 Å². The summed E-state index contributed by atoms with van der Waals surface area (Å²) in [5.41, 5.74) is 0.656. The molecule has 0 radical (unpaired) electrons. The molecular weight excluding hydrogens is 217 g/mol. The molecule has 1 aliphatic rings. The third-order valence-electron chi connectivity index (χ3n) is 3.16. The lowest BCUT2D eigenvalue weighted by Crippen LogP contribution is -2.04. The number of nitrogens with one attached hydrogen (secondary N) is 1. The fourth-order valence-corrected chi connectivity index (χ4v) is 1.91. The Morgan fingerprint density at radius 3 is 2.76 bits per heavy atom. The van der Waals surface area contributed by atoms with E-state index in [4.69, 9.17) is 5.26 Å². The lowest BCUT2D eigenvalue weighted by atomic mass is 10.1. The van der Waals surface area contributed by atoms with E-state index in [9.17, 15) is 4.39 Å². The van der Waals surface area contributed by atoms with Crippen molar-refractivity contribution >= 4 is 0 Å². The van der Waals surface area contributed by atoms with Crippen LogP contribution in [0.25, 0.3) is 11.3 Å². The number of benzene rings is 1. The van der Waals surface area contributed by atoms with Crippen LogP contribution in [0.1, 0.15) is 18.7 Å². The fraction of sp³-hybridized carbons (Fsp3) is 0.231. The maximum atomic E-state index is 13.6. The molecule has 0 atom stereocenters. The Bertz CT molecular complexity index is 605. The second kappa shape index (κ2) is 3.42. The van der Waals surface area contributed by atoms with Gasteiger partial charge in [0.25, 0.3) is 0 Å². The standard InChI is InChI=1S/C13H10FN3/c14-10-4-2-1-3-9(10)11-7-16-12(17-11)13(8-15)5-6-13/h1-4,7H,5-6H2,(H,16,17). The number of imidazole rings is 1. The molecule has 4 heteroatoms. The van der Waals surface area contributed by atoms with Crippen molar-refractivity contribution in [3.05, 3.63) is 42.1 Å². The van der Waals surface area contributed by atoms with Gasteiger partial charge in [-0.1, -0.05) is 12.1 Å². The van der Waals surface area contributed by atoms with Gasteiger partial charge < -0.3 is 4.98 Å². The SMILES string of the molecule is N#CC1(c2ncc(-c3ccccc3F)[nH]2)CC1. The first-order chi connectivity index (χ1) is 8.25. The van der Waals surface area contributed by atoms with E-state index in [1.54, 1.807) is 24.4 Å². The normalized spacial score (nSPS) is 16.5. The molecule has 1 aromatic carbocycles. The molecule has 0 unspecified atom stereocenters. The Morgan fingerprint density at radius 1 is 1.35 bits per heavy atom. The minimum absolute atomic E-state index is 0.287. The molecule has 17 heavy (non-hydrogen) atoms. The Morgan fingerprint density at radius 2 is 2.12 bits per heavy atom. The molecule has 0 bridgehead atoms. The van der Waals surface area contributed by atoms with Crippen LogP contribution in [0.15, 0.2) is 30.5 Å². The zero-order chi connectivity index (χ0) is 11.9. The molecule has 0 spiro atoms. The maximum absolute atomic E-state index is 13.6. The van der Waals surface area contributed by atoms with Gasteiger partial charge in [-0.15, -0.1) is 0 Å². The van der Waals surface area contributed by atoms with Crippen LogP contribution in [-0.2, 0) is 5.41 Å². The molecule has 3 rings (SSSR count). The number of aromatic amines is 1. The number of hydrogen-bond donors (Lipinski definition) is 1. The number of aromatic nitrogens is 2. The molecule has 1 aliphatic carbocycles. The molecule has 2 aromatic rings. The first-order valence-electron chi connectivity index (χ1n) is 5.47. The van der Waals surface area contributed by atoms with Crippen LogP contribution in [0.3, 0.4) is 0 Å². The summed E-state index contributed by atoms with van der Waals surface area (Å²) in [6.45, 7) is 0. The third kappa shape index (κ3) is 1.51. The average Bonchev–Trinajstić information content (AvgIpc) is 3.00. The maximum Gasteiger partial charge on any atom is 0.132 e. The van der Waals surface area contributed by atoms with E-state index < -0.39 is 5.41 Å². The Kier molecular flexibility index (Phi) is 2.02. The minimum Gasteiger partial charge on any atom is -0.341 e. The van der Waals surface area contributed by atoms with Gasteiger partial charge in [-0.2, -0.15) is 5.26 Å². The average molecular weight is 227 g/mol. The zero-order valence-electron chi connectivity index (χ0n) is 9.07. The first-order valence-corrected chi connectivity index (χ1v) is 5.47. The second-order valence-electron chi connectivity index (χ2n) is 4.32. The zero-order valence-corrected chi connectivity index (χ0v) is 9.07. The van der Waals surface area contributed by atoms with E-state index in [0.717, 1.165) is 12.8 Å². The van der Waals surface area contributed by atoms with E-state index in [1.165, 1.54) is 6.07 Å². The van der Waals surface area contributed by atoms with Crippen LogP contribution >= 0.6 is 0 Å². The molecule has 1 heterocycles. The van der Waals surface area contributed by atoms with Crippen molar-refractivity contribution in [2.75, 3.05) is 0 Å². The molecular formula is C13H10FN3. The van der Waals surface area contributed by atoms with Gasteiger partial charge in [-0.25, -0.2) is 9.37 Å². The van der Waals surface area contributed by atoms with Crippen LogP contribution < -0.4 is 0 Å². The van der Waals surface area contributed by atoms with Gasteiger partial charge in [-0.05, 0) is 25.0 Å². The van der Waals surface area contributed by atoms with E-state index in [0.29, 0.717) is 17.1 Å². The fourth-order valence-electron chi connectivity index (χ4n) is 1.91. The summed E-state index contributed by atoms with van der Waals surface area (Å²) in [6, 6.07) is 8.78. The largest absolute Gasteiger partial charge is 0.341 e. The molecule has 1 aromatic heterocycles. The lowest BCUT2D eigenvalue weighted by molar-refractivity contribution is 0.630. The van der Waals surface area contributed by atoms with Crippen LogP contribution in [-0.4, -0.2) is 9.97 Å². The number of hydrogen-bond acceptors (Lipinski definition) is 2. The summed E-state index contributed by atoms with van der Waals surface area (Å²) in [5.74, 6) is 0.364. The molecule has 0 aliphatic heterocycles. The van der Waals surface area contributed by atoms with Crippen molar-refractivity contribution in [3.63, 3.8) is 0 Å². The van der Waals surface area contributed by atoms with Crippen molar-refractivity contribution in [2.45, 2.75) is 18.3 Å². The highest BCUT2D eigenvalue weighted by Gasteiger charge is 2.47. The summed E-state index contributed by atoms with van der Waals surface area (Å²) in [4.78, 5) is 7.24. The van der Waals surface area contributed by atoms with Gasteiger partial charge in [0.1, 0.15) is 17.1 Å². The van der Waals surface area contributed by atoms with E-state index >= 15 is 0 Å². The number of rotatable bonds is 2. The van der Waals surface area contributed by atoms with Crippen molar-refractivity contribution < 1.29 is 4.39 Å². The van der Waals surface area contributed by atoms with Crippen molar-refractivity contribution in [1.29, 1.82) is 5.26 Å². The van der Waals surface area contributed by atoms with Crippen LogP contribution in [0.4, 0.5) is 4.39 Å². The van der Waals surface area contributed by atoms with E-state index in [1.807, 2.05) is 0 Å². The molecule has 84 valence electrons. The molecule has 3 nitrogen and oxygen atoms in total. The van der Waals surface area contributed by atoms with Gasteiger partial charge >= 0.3 is 0 Å². The quantitative estimate of drug-likeness (QED) is 0.857. The third-order valence-corrected chi connectivity index (χ3v) is 3.16. The smallest absolute Gasteiger partial charge is 0.132 e.